The second-order valence-electron chi connectivity index (χ2n) is 5.57. The van der Waals surface area contributed by atoms with Gasteiger partial charge in [-0.3, -0.25) is 0 Å². The maximum atomic E-state index is 5.84. The SMILES string of the molecule is Cc1cccc(C)c1-c1ccc(OCc2ccccc2)cc1. The first-order valence-electron chi connectivity index (χ1n) is 7.57. The number of hydrogen-bond acceptors (Lipinski definition) is 1. The lowest BCUT2D eigenvalue weighted by Gasteiger charge is -2.11. The monoisotopic (exact) mass is 288 g/mol. The molecule has 0 amide bonds. The molecule has 0 fully saturated rings. The predicted octanol–water partition coefficient (Wildman–Crippen LogP) is 5.55. The second-order valence-corrected chi connectivity index (χ2v) is 5.57. The lowest BCUT2D eigenvalue weighted by molar-refractivity contribution is 0.306. The van der Waals surface area contributed by atoms with Gasteiger partial charge >= 0.3 is 0 Å². The van der Waals surface area contributed by atoms with Crippen molar-refractivity contribution in [2.45, 2.75) is 20.5 Å². The summed E-state index contributed by atoms with van der Waals surface area (Å²) >= 11 is 0. The molecule has 0 aliphatic rings. The van der Waals surface area contributed by atoms with Crippen LogP contribution in [0.3, 0.4) is 0 Å². The second kappa shape index (κ2) is 6.48. The summed E-state index contributed by atoms with van der Waals surface area (Å²) in [5.74, 6) is 0.902. The summed E-state index contributed by atoms with van der Waals surface area (Å²) in [5.41, 5.74) is 6.34. The minimum atomic E-state index is 0.601. The summed E-state index contributed by atoms with van der Waals surface area (Å²) in [5, 5.41) is 0. The Hall–Kier alpha value is -2.54. The van der Waals surface area contributed by atoms with Crippen LogP contribution in [0.1, 0.15) is 16.7 Å². The van der Waals surface area contributed by atoms with Gasteiger partial charge in [0.15, 0.2) is 0 Å². The molecule has 3 aromatic rings. The van der Waals surface area contributed by atoms with Crippen LogP contribution >= 0.6 is 0 Å². The van der Waals surface area contributed by atoms with Gasteiger partial charge in [0, 0.05) is 0 Å². The van der Waals surface area contributed by atoms with Crippen molar-refractivity contribution in [3.8, 4) is 16.9 Å². The molecule has 0 unspecified atom stereocenters. The zero-order chi connectivity index (χ0) is 15.4. The molecular formula is C21H20O. The Morgan fingerprint density at radius 1 is 0.682 bits per heavy atom. The number of hydrogen-bond donors (Lipinski definition) is 0. The highest BCUT2D eigenvalue weighted by molar-refractivity contribution is 5.71. The Labute approximate surface area is 132 Å². The maximum absolute atomic E-state index is 5.84. The number of ether oxygens (including phenoxy) is 1. The van der Waals surface area contributed by atoms with E-state index in [-0.39, 0.29) is 0 Å². The zero-order valence-corrected chi connectivity index (χ0v) is 13.0. The average molecular weight is 288 g/mol. The first-order chi connectivity index (χ1) is 10.7. The molecule has 3 aromatic carbocycles. The molecule has 0 aromatic heterocycles. The molecule has 1 heteroatoms. The van der Waals surface area contributed by atoms with E-state index in [0.29, 0.717) is 6.61 Å². The first kappa shape index (κ1) is 14.4. The van der Waals surface area contributed by atoms with Gasteiger partial charge in [0.05, 0.1) is 0 Å². The molecular weight excluding hydrogens is 268 g/mol. The fraction of sp³-hybridized carbons (Fsp3) is 0.143. The van der Waals surface area contributed by atoms with Crippen molar-refractivity contribution in [1.29, 1.82) is 0 Å². The topological polar surface area (TPSA) is 9.23 Å². The molecule has 1 nitrogen and oxygen atoms in total. The van der Waals surface area contributed by atoms with Crippen LogP contribution in [-0.4, -0.2) is 0 Å². The minimum Gasteiger partial charge on any atom is -0.489 e. The van der Waals surface area contributed by atoms with Gasteiger partial charge in [-0.2, -0.15) is 0 Å². The van der Waals surface area contributed by atoms with Crippen molar-refractivity contribution >= 4 is 0 Å². The Bertz CT molecular complexity index is 722. The molecule has 0 atom stereocenters. The molecule has 0 aliphatic carbocycles. The zero-order valence-electron chi connectivity index (χ0n) is 13.0. The van der Waals surface area contributed by atoms with Gasteiger partial charge in [0.25, 0.3) is 0 Å². The molecule has 0 heterocycles. The van der Waals surface area contributed by atoms with Crippen LogP contribution in [0, 0.1) is 13.8 Å². The molecule has 0 bridgehead atoms. The highest BCUT2D eigenvalue weighted by atomic mass is 16.5. The summed E-state index contributed by atoms with van der Waals surface area (Å²) in [6.07, 6.45) is 0. The summed E-state index contributed by atoms with van der Waals surface area (Å²) in [7, 11) is 0. The molecule has 0 radical (unpaired) electrons. The summed E-state index contributed by atoms with van der Waals surface area (Å²) in [6, 6.07) is 25.0. The largest absolute Gasteiger partial charge is 0.489 e. The van der Waals surface area contributed by atoms with Crippen molar-refractivity contribution in [2.75, 3.05) is 0 Å². The Kier molecular flexibility index (Phi) is 4.24. The van der Waals surface area contributed by atoms with Gasteiger partial charge in [-0.25, -0.2) is 0 Å². The Morgan fingerprint density at radius 3 is 1.95 bits per heavy atom. The van der Waals surface area contributed by atoms with Crippen molar-refractivity contribution in [3.63, 3.8) is 0 Å². The third-order valence-corrected chi connectivity index (χ3v) is 3.87. The van der Waals surface area contributed by atoms with Crippen molar-refractivity contribution in [3.05, 3.63) is 89.5 Å². The molecule has 3 rings (SSSR count). The first-order valence-corrected chi connectivity index (χ1v) is 7.57. The van der Waals surface area contributed by atoms with E-state index in [1.807, 2.05) is 30.3 Å². The Morgan fingerprint density at radius 2 is 1.32 bits per heavy atom. The fourth-order valence-electron chi connectivity index (χ4n) is 2.73. The Balaban J connectivity index is 1.76. The number of rotatable bonds is 4. The fourth-order valence-corrected chi connectivity index (χ4v) is 2.73. The van der Waals surface area contributed by atoms with E-state index in [1.54, 1.807) is 0 Å². The highest BCUT2D eigenvalue weighted by Gasteiger charge is 2.05. The van der Waals surface area contributed by atoms with Crippen LogP contribution in [-0.2, 0) is 6.61 Å². The standard InChI is InChI=1S/C21H20O/c1-16-7-6-8-17(2)21(16)19-11-13-20(14-12-19)22-15-18-9-4-3-5-10-18/h3-14H,15H2,1-2H3. The van der Waals surface area contributed by atoms with E-state index in [1.165, 1.54) is 27.8 Å². The van der Waals surface area contributed by atoms with E-state index in [4.69, 9.17) is 4.74 Å². The number of benzene rings is 3. The van der Waals surface area contributed by atoms with Crippen LogP contribution in [0.15, 0.2) is 72.8 Å². The maximum Gasteiger partial charge on any atom is 0.119 e. The lowest BCUT2D eigenvalue weighted by Crippen LogP contribution is -1.95. The van der Waals surface area contributed by atoms with E-state index in [9.17, 15) is 0 Å². The van der Waals surface area contributed by atoms with Crippen LogP contribution in [0.4, 0.5) is 0 Å². The van der Waals surface area contributed by atoms with Crippen LogP contribution in [0.5, 0.6) is 5.75 Å². The molecule has 0 saturated carbocycles. The lowest BCUT2D eigenvalue weighted by atomic mass is 9.96. The van der Waals surface area contributed by atoms with E-state index in [2.05, 4.69) is 56.3 Å². The normalized spacial score (nSPS) is 10.5. The molecule has 0 N–H and O–H groups in total. The quantitative estimate of drug-likeness (QED) is 0.611. The smallest absolute Gasteiger partial charge is 0.119 e. The van der Waals surface area contributed by atoms with Crippen molar-refractivity contribution < 1.29 is 4.74 Å². The van der Waals surface area contributed by atoms with Gasteiger partial charge in [0.2, 0.25) is 0 Å². The minimum absolute atomic E-state index is 0.601. The van der Waals surface area contributed by atoms with Gasteiger partial charge in [-0.1, -0.05) is 60.7 Å². The summed E-state index contributed by atoms with van der Waals surface area (Å²) in [6.45, 7) is 4.91. The van der Waals surface area contributed by atoms with Gasteiger partial charge in [0.1, 0.15) is 12.4 Å². The molecule has 0 spiro atoms. The van der Waals surface area contributed by atoms with E-state index >= 15 is 0 Å². The third kappa shape index (κ3) is 3.20. The highest BCUT2D eigenvalue weighted by Crippen LogP contribution is 2.28. The van der Waals surface area contributed by atoms with Gasteiger partial charge < -0.3 is 4.74 Å². The van der Waals surface area contributed by atoms with Crippen LogP contribution in [0.2, 0.25) is 0 Å². The number of aryl methyl sites for hydroxylation is 2. The predicted molar refractivity (Wildman–Crippen MR) is 92.1 cm³/mol. The molecule has 110 valence electrons. The van der Waals surface area contributed by atoms with Gasteiger partial charge in [-0.05, 0) is 53.8 Å². The van der Waals surface area contributed by atoms with E-state index < -0.39 is 0 Å². The van der Waals surface area contributed by atoms with Gasteiger partial charge in [-0.15, -0.1) is 0 Å². The molecule has 0 aliphatic heterocycles. The molecule has 0 saturated heterocycles. The van der Waals surface area contributed by atoms with E-state index in [0.717, 1.165) is 5.75 Å². The molecule has 22 heavy (non-hydrogen) atoms. The van der Waals surface area contributed by atoms with Crippen molar-refractivity contribution in [2.24, 2.45) is 0 Å². The average Bonchev–Trinajstić information content (AvgIpc) is 2.55. The van der Waals surface area contributed by atoms with Crippen LogP contribution < -0.4 is 4.74 Å². The summed E-state index contributed by atoms with van der Waals surface area (Å²) < 4.78 is 5.84. The van der Waals surface area contributed by atoms with Crippen molar-refractivity contribution in [1.82, 2.24) is 0 Å². The van der Waals surface area contributed by atoms with Crippen LogP contribution in [0.25, 0.3) is 11.1 Å². The summed E-state index contributed by atoms with van der Waals surface area (Å²) in [4.78, 5) is 0. The third-order valence-electron chi connectivity index (χ3n) is 3.87.